The van der Waals surface area contributed by atoms with Gasteiger partial charge in [-0.05, 0) is 31.2 Å². The number of aromatic nitrogens is 1. The number of amides is 1. The van der Waals surface area contributed by atoms with Gasteiger partial charge in [-0.2, -0.15) is 0 Å². The van der Waals surface area contributed by atoms with Crippen LogP contribution < -0.4 is 5.32 Å². The van der Waals surface area contributed by atoms with Crippen LogP contribution in [0.1, 0.15) is 23.0 Å². The summed E-state index contributed by atoms with van der Waals surface area (Å²) in [7, 11) is 0. The number of rotatable bonds is 4. The number of carbonyl (C=O) groups excluding carboxylic acids is 1. The lowest BCUT2D eigenvalue weighted by molar-refractivity contribution is 0.0941. The molecule has 0 radical (unpaired) electrons. The number of nitrogens with zero attached hydrogens (tertiary/aromatic N) is 2. The topological polar surface area (TPSA) is 38.4 Å². The van der Waals surface area contributed by atoms with Crippen molar-refractivity contribution >= 4 is 23.3 Å². The van der Waals surface area contributed by atoms with Crippen molar-refractivity contribution in [1.29, 1.82) is 0 Å². The molecule has 108 valence electrons. The van der Waals surface area contributed by atoms with E-state index < -0.39 is 5.82 Å². The van der Waals surface area contributed by atoms with Gasteiger partial charge in [-0.25, -0.2) is 4.39 Å². The molecule has 1 aromatic carbocycles. The highest BCUT2D eigenvalue weighted by molar-refractivity contribution is 6.31. The van der Waals surface area contributed by atoms with Crippen molar-refractivity contribution in [3.8, 4) is 0 Å². The second kappa shape index (κ2) is 6.42. The summed E-state index contributed by atoms with van der Waals surface area (Å²) in [6, 6.07) is 7.53. The van der Waals surface area contributed by atoms with Crippen LogP contribution in [0.2, 0.25) is 5.02 Å². The molecule has 0 saturated heterocycles. The third-order valence-electron chi connectivity index (χ3n) is 3.11. The van der Waals surface area contributed by atoms with Crippen molar-refractivity contribution in [2.45, 2.75) is 20.0 Å². The molecule has 0 bridgehead atoms. The van der Waals surface area contributed by atoms with Gasteiger partial charge in [-0.15, -0.1) is 0 Å². The van der Waals surface area contributed by atoms with E-state index in [4.69, 9.17) is 18.2 Å². The predicted molar refractivity (Wildman–Crippen MR) is 78.9 cm³/mol. The molecule has 2 aromatic rings. The molecule has 0 unspecified atom stereocenters. The van der Waals surface area contributed by atoms with Gasteiger partial charge in [0.05, 0.1) is 6.54 Å². The van der Waals surface area contributed by atoms with Gasteiger partial charge < -0.3 is 10.2 Å². The number of carbonyl (C=O) groups is 1. The minimum absolute atomic E-state index is 0.00736. The third kappa shape index (κ3) is 3.06. The van der Waals surface area contributed by atoms with E-state index in [9.17, 15) is 9.18 Å². The first kappa shape index (κ1) is 15.1. The van der Waals surface area contributed by atoms with Crippen LogP contribution in [0.3, 0.4) is 0 Å². The first-order valence-corrected chi connectivity index (χ1v) is 6.74. The molecule has 0 aliphatic carbocycles. The molecular weight excluding hydrogens is 293 g/mol. The quantitative estimate of drug-likeness (QED) is 0.858. The molecule has 1 heterocycles. The van der Waals surface area contributed by atoms with E-state index >= 15 is 0 Å². The van der Waals surface area contributed by atoms with Gasteiger partial charge in [-0.1, -0.05) is 24.2 Å². The predicted octanol–water partition coefficient (Wildman–Crippen LogP) is 3.78. The Morgan fingerprint density at radius 3 is 2.81 bits per heavy atom. The minimum atomic E-state index is -0.462. The number of hydrogen-bond acceptors (Lipinski definition) is 1. The fourth-order valence-corrected chi connectivity index (χ4v) is 2.28. The Morgan fingerprint density at radius 2 is 2.19 bits per heavy atom. The average Bonchev–Trinajstić information content (AvgIpc) is 2.89. The molecule has 4 nitrogen and oxygen atoms in total. The summed E-state index contributed by atoms with van der Waals surface area (Å²) in [6.07, 6.45) is 0. The molecular formula is C15H13ClFN3O. The number of benzene rings is 1. The van der Waals surface area contributed by atoms with Crippen LogP contribution in [0.4, 0.5) is 10.2 Å². The Kier molecular flexibility index (Phi) is 4.61. The Morgan fingerprint density at radius 1 is 1.43 bits per heavy atom. The fraction of sp³-hybridized carbons (Fsp3) is 0.200. The average molecular weight is 306 g/mol. The van der Waals surface area contributed by atoms with E-state index in [0.29, 0.717) is 18.1 Å². The summed E-state index contributed by atoms with van der Waals surface area (Å²) >= 11 is 5.91. The van der Waals surface area contributed by atoms with E-state index in [1.54, 1.807) is 22.8 Å². The molecule has 6 heteroatoms. The zero-order valence-electron chi connectivity index (χ0n) is 11.4. The maximum atomic E-state index is 13.6. The summed E-state index contributed by atoms with van der Waals surface area (Å²) in [5, 5.41) is 2.89. The molecule has 1 N–H and O–H groups in total. The van der Waals surface area contributed by atoms with Crippen LogP contribution >= 0.6 is 11.6 Å². The van der Waals surface area contributed by atoms with E-state index in [-0.39, 0.29) is 23.0 Å². The van der Waals surface area contributed by atoms with Gasteiger partial charge in [0.1, 0.15) is 5.82 Å². The van der Waals surface area contributed by atoms with E-state index in [0.717, 1.165) is 0 Å². The summed E-state index contributed by atoms with van der Waals surface area (Å²) in [5.74, 6) is -0.437. The lowest BCUT2D eigenvalue weighted by atomic mass is 10.2. The summed E-state index contributed by atoms with van der Waals surface area (Å²) in [4.78, 5) is 15.5. The van der Waals surface area contributed by atoms with E-state index in [1.807, 2.05) is 6.92 Å². The highest BCUT2D eigenvalue weighted by atomic mass is 35.5. The van der Waals surface area contributed by atoms with Crippen LogP contribution in [-0.2, 0) is 13.1 Å². The number of hydrogen-bond donors (Lipinski definition) is 1. The Hall–Kier alpha value is -2.32. The lowest BCUT2D eigenvalue weighted by Gasteiger charge is -2.08. The molecule has 2 rings (SSSR count). The Balaban J connectivity index is 2.16. The van der Waals surface area contributed by atoms with Crippen molar-refractivity contribution in [3.05, 3.63) is 63.8 Å². The standard InChI is InChI=1S/C15H13ClFN3O/c1-3-20-13(7-8-14(20)18-2)15(21)19-9-10-11(16)5-4-6-12(10)17/h4-8H,3,9H2,1H3,(H,19,21). The number of nitrogens with one attached hydrogen (secondary N) is 1. The fourth-order valence-electron chi connectivity index (χ4n) is 2.05. The van der Waals surface area contributed by atoms with Crippen molar-refractivity contribution in [1.82, 2.24) is 9.88 Å². The zero-order valence-corrected chi connectivity index (χ0v) is 12.1. The van der Waals surface area contributed by atoms with Gasteiger partial charge in [-0.3, -0.25) is 9.36 Å². The zero-order chi connectivity index (χ0) is 15.4. The minimum Gasteiger partial charge on any atom is -0.364 e. The first-order valence-electron chi connectivity index (χ1n) is 6.36. The first-order chi connectivity index (χ1) is 10.1. The third-order valence-corrected chi connectivity index (χ3v) is 3.46. The molecule has 0 spiro atoms. The Labute approximate surface area is 127 Å². The maximum absolute atomic E-state index is 13.6. The normalized spacial score (nSPS) is 10.2. The smallest absolute Gasteiger partial charge is 0.289 e. The highest BCUT2D eigenvalue weighted by Gasteiger charge is 2.17. The SMILES string of the molecule is [C-]#[N+]c1ccc(C(=O)NCc2c(F)cccc2Cl)n1CC. The van der Waals surface area contributed by atoms with E-state index in [2.05, 4.69) is 10.2 Å². The van der Waals surface area contributed by atoms with Gasteiger partial charge in [0.15, 0.2) is 5.69 Å². The molecule has 0 aliphatic rings. The summed E-state index contributed by atoms with van der Waals surface area (Å²) < 4.78 is 15.2. The van der Waals surface area contributed by atoms with Gasteiger partial charge >= 0.3 is 0 Å². The molecule has 0 atom stereocenters. The van der Waals surface area contributed by atoms with Crippen LogP contribution in [-0.4, -0.2) is 10.5 Å². The van der Waals surface area contributed by atoms with Gasteiger partial charge in [0.25, 0.3) is 5.91 Å². The maximum Gasteiger partial charge on any atom is 0.289 e. The monoisotopic (exact) mass is 305 g/mol. The van der Waals surface area contributed by atoms with Crippen LogP contribution in [0.25, 0.3) is 4.85 Å². The second-order valence-electron chi connectivity index (χ2n) is 4.32. The van der Waals surface area contributed by atoms with Crippen LogP contribution in [0.15, 0.2) is 30.3 Å². The summed E-state index contributed by atoms with van der Waals surface area (Å²) in [5.41, 5.74) is 0.614. The van der Waals surface area contributed by atoms with Gasteiger partial charge in [0.2, 0.25) is 5.82 Å². The molecule has 0 aliphatic heterocycles. The number of halogens is 2. The molecule has 21 heavy (non-hydrogen) atoms. The van der Waals surface area contributed by atoms with Crippen LogP contribution in [0, 0.1) is 12.4 Å². The molecule has 0 fully saturated rings. The molecule has 1 amide bonds. The van der Waals surface area contributed by atoms with Crippen molar-refractivity contribution in [2.24, 2.45) is 0 Å². The highest BCUT2D eigenvalue weighted by Crippen LogP contribution is 2.20. The lowest BCUT2D eigenvalue weighted by Crippen LogP contribution is -2.25. The van der Waals surface area contributed by atoms with Crippen molar-refractivity contribution in [2.75, 3.05) is 0 Å². The largest absolute Gasteiger partial charge is 0.364 e. The molecule has 0 saturated carbocycles. The second-order valence-corrected chi connectivity index (χ2v) is 4.72. The van der Waals surface area contributed by atoms with E-state index in [1.165, 1.54) is 12.1 Å². The van der Waals surface area contributed by atoms with Crippen molar-refractivity contribution in [3.63, 3.8) is 0 Å². The Bertz CT molecular complexity index is 698. The van der Waals surface area contributed by atoms with Crippen LogP contribution in [0.5, 0.6) is 0 Å². The summed E-state index contributed by atoms with van der Waals surface area (Å²) in [6.45, 7) is 9.39. The van der Waals surface area contributed by atoms with Gasteiger partial charge in [0, 0.05) is 17.1 Å². The molecule has 1 aromatic heterocycles. The van der Waals surface area contributed by atoms with Crippen molar-refractivity contribution < 1.29 is 9.18 Å².